The SMILES string of the molecule is CCCS(=O)(=O)N1CCCC1C(=O)NCC(C)c1nc2ccccc2s1. The number of nitrogens with zero attached hydrogens (tertiary/aromatic N) is 2. The van der Waals surface area contributed by atoms with E-state index >= 15 is 0 Å². The molecular formula is C18H25N3O3S2. The minimum absolute atomic E-state index is 0.0819. The number of carbonyl (C=O) groups is 1. The second-order valence-electron chi connectivity index (χ2n) is 6.75. The van der Waals surface area contributed by atoms with Crippen molar-refractivity contribution in [1.82, 2.24) is 14.6 Å². The van der Waals surface area contributed by atoms with Crippen molar-refractivity contribution < 1.29 is 13.2 Å². The minimum atomic E-state index is -3.35. The molecule has 0 radical (unpaired) electrons. The van der Waals surface area contributed by atoms with Gasteiger partial charge in [-0.2, -0.15) is 4.31 Å². The molecular weight excluding hydrogens is 370 g/mol. The first-order valence-corrected chi connectivity index (χ1v) is 11.5. The molecule has 0 bridgehead atoms. The predicted molar refractivity (Wildman–Crippen MR) is 105 cm³/mol. The van der Waals surface area contributed by atoms with Crippen LogP contribution in [0.3, 0.4) is 0 Å². The number of rotatable bonds is 7. The third kappa shape index (κ3) is 4.07. The van der Waals surface area contributed by atoms with E-state index in [2.05, 4.69) is 10.3 Å². The number of carbonyl (C=O) groups excluding carboxylic acids is 1. The Bertz CT molecular complexity index is 846. The van der Waals surface area contributed by atoms with Crippen LogP contribution in [0.2, 0.25) is 0 Å². The highest BCUT2D eigenvalue weighted by Gasteiger charge is 2.38. The summed E-state index contributed by atoms with van der Waals surface area (Å²) in [5, 5.41) is 3.91. The molecule has 1 amide bonds. The van der Waals surface area contributed by atoms with Gasteiger partial charge in [0.15, 0.2) is 0 Å². The van der Waals surface area contributed by atoms with E-state index in [0.29, 0.717) is 25.9 Å². The number of para-hydroxylation sites is 1. The van der Waals surface area contributed by atoms with Gasteiger partial charge in [0.05, 0.1) is 21.0 Å². The maximum absolute atomic E-state index is 12.6. The number of hydrogen-bond donors (Lipinski definition) is 1. The number of nitrogens with one attached hydrogen (secondary N) is 1. The fraction of sp³-hybridized carbons (Fsp3) is 0.556. The fourth-order valence-electron chi connectivity index (χ4n) is 3.27. The lowest BCUT2D eigenvalue weighted by Gasteiger charge is -2.23. The summed E-state index contributed by atoms with van der Waals surface area (Å²) in [5.74, 6) is -0.0209. The summed E-state index contributed by atoms with van der Waals surface area (Å²) in [5.41, 5.74) is 0.971. The molecule has 2 unspecified atom stereocenters. The average molecular weight is 396 g/mol. The molecule has 2 atom stereocenters. The Morgan fingerprint density at radius 3 is 2.92 bits per heavy atom. The standard InChI is InChI=1S/C18H25N3O3S2/c1-3-11-26(23,24)21-10-6-8-15(21)17(22)19-12-13(2)18-20-14-7-4-5-9-16(14)25-18/h4-5,7,9,13,15H,3,6,8,10-12H2,1-2H3,(H,19,22). The van der Waals surface area contributed by atoms with E-state index in [-0.39, 0.29) is 17.6 Å². The zero-order chi connectivity index (χ0) is 18.7. The van der Waals surface area contributed by atoms with Gasteiger partial charge in [0.25, 0.3) is 0 Å². The molecule has 142 valence electrons. The van der Waals surface area contributed by atoms with Crippen LogP contribution in [0.4, 0.5) is 0 Å². The molecule has 1 aliphatic rings. The van der Waals surface area contributed by atoms with Crippen LogP contribution in [0.5, 0.6) is 0 Å². The topological polar surface area (TPSA) is 79.4 Å². The zero-order valence-corrected chi connectivity index (χ0v) is 16.8. The van der Waals surface area contributed by atoms with Crippen LogP contribution in [-0.4, -0.2) is 48.5 Å². The Labute approximate surface area is 158 Å². The molecule has 0 spiro atoms. The summed E-state index contributed by atoms with van der Waals surface area (Å²) in [6.07, 6.45) is 1.88. The number of amides is 1. The summed E-state index contributed by atoms with van der Waals surface area (Å²) in [7, 11) is -3.35. The Balaban J connectivity index is 1.62. The van der Waals surface area contributed by atoms with E-state index < -0.39 is 16.1 Å². The first kappa shape index (κ1) is 19.3. The monoisotopic (exact) mass is 395 g/mol. The number of fused-ring (bicyclic) bond motifs is 1. The quantitative estimate of drug-likeness (QED) is 0.782. The van der Waals surface area contributed by atoms with Crippen molar-refractivity contribution in [3.05, 3.63) is 29.3 Å². The Kier molecular flexibility index (Phi) is 5.94. The molecule has 0 aliphatic carbocycles. The smallest absolute Gasteiger partial charge is 0.238 e. The largest absolute Gasteiger partial charge is 0.354 e. The summed E-state index contributed by atoms with van der Waals surface area (Å²) in [4.78, 5) is 17.2. The normalized spacial score (nSPS) is 19.7. The molecule has 1 aromatic carbocycles. The van der Waals surface area contributed by atoms with Gasteiger partial charge in [0.1, 0.15) is 6.04 Å². The van der Waals surface area contributed by atoms with Crippen LogP contribution >= 0.6 is 11.3 Å². The van der Waals surface area contributed by atoms with Gasteiger partial charge >= 0.3 is 0 Å². The molecule has 1 N–H and O–H groups in total. The third-order valence-corrected chi connectivity index (χ3v) is 7.98. The van der Waals surface area contributed by atoms with E-state index in [1.54, 1.807) is 11.3 Å². The third-order valence-electron chi connectivity index (χ3n) is 4.64. The Hall–Kier alpha value is -1.51. The molecule has 2 heterocycles. The summed E-state index contributed by atoms with van der Waals surface area (Å²) in [6.45, 7) is 4.76. The number of sulfonamides is 1. The lowest BCUT2D eigenvalue weighted by atomic mass is 10.1. The second kappa shape index (κ2) is 8.02. The molecule has 1 saturated heterocycles. The van der Waals surface area contributed by atoms with Crippen molar-refractivity contribution >= 4 is 37.5 Å². The molecule has 3 rings (SSSR count). The van der Waals surface area contributed by atoms with Crippen LogP contribution in [0, 0.1) is 0 Å². The molecule has 6 nitrogen and oxygen atoms in total. The molecule has 1 aliphatic heterocycles. The van der Waals surface area contributed by atoms with Gasteiger partial charge in [-0.25, -0.2) is 13.4 Å². The molecule has 0 saturated carbocycles. The van der Waals surface area contributed by atoms with Crippen molar-refractivity contribution in [2.45, 2.75) is 45.1 Å². The van der Waals surface area contributed by atoms with Crippen LogP contribution in [0.25, 0.3) is 10.2 Å². The highest BCUT2D eigenvalue weighted by molar-refractivity contribution is 7.89. The molecule has 26 heavy (non-hydrogen) atoms. The van der Waals surface area contributed by atoms with E-state index in [9.17, 15) is 13.2 Å². The highest BCUT2D eigenvalue weighted by atomic mass is 32.2. The van der Waals surface area contributed by atoms with Gasteiger partial charge < -0.3 is 5.32 Å². The van der Waals surface area contributed by atoms with Crippen molar-refractivity contribution in [1.29, 1.82) is 0 Å². The number of thiazole rings is 1. The van der Waals surface area contributed by atoms with E-state index in [1.807, 2.05) is 38.1 Å². The second-order valence-corrected chi connectivity index (χ2v) is 9.85. The molecule has 1 aromatic heterocycles. The Morgan fingerprint density at radius 1 is 1.42 bits per heavy atom. The Morgan fingerprint density at radius 2 is 2.19 bits per heavy atom. The molecule has 2 aromatic rings. The average Bonchev–Trinajstić information content (AvgIpc) is 3.26. The van der Waals surface area contributed by atoms with Crippen molar-refractivity contribution in [3.63, 3.8) is 0 Å². The fourth-order valence-corrected chi connectivity index (χ4v) is 6.04. The van der Waals surface area contributed by atoms with E-state index in [0.717, 1.165) is 21.6 Å². The maximum Gasteiger partial charge on any atom is 0.238 e. The molecule has 8 heteroatoms. The van der Waals surface area contributed by atoms with Gasteiger partial charge in [-0.15, -0.1) is 11.3 Å². The van der Waals surface area contributed by atoms with E-state index in [4.69, 9.17) is 0 Å². The summed E-state index contributed by atoms with van der Waals surface area (Å²) in [6, 6.07) is 7.40. The number of aromatic nitrogens is 1. The van der Waals surface area contributed by atoms with Gasteiger partial charge in [0, 0.05) is 19.0 Å². The summed E-state index contributed by atoms with van der Waals surface area (Å²) >= 11 is 1.63. The van der Waals surface area contributed by atoms with E-state index in [1.165, 1.54) is 4.31 Å². The van der Waals surface area contributed by atoms with Gasteiger partial charge in [-0.3, -0.25) is 4.79 Å². The first-order valence-electron chi connectivity index (χ1n) is 9.05. The lowest BCUT2D eigenvalue weighted by Crippen LogP contribution is -2.47. The van der Waals surface area contributed by atoms with Gasteiger partial charge in [-0.05, 0) is 31.4 Å². The first-order chi connectivity index (χ1) is 12.4. The van der Waals surface area contributed by atoms with Crippen molar-refractivity contribution in [2.24, 2.45) is 0 Å². The van der Waals surface area contributed by atoms with Crippen LogP contribution in [-0.2, 0) is 14.8 Å². The minimum Gasteiger partial charge on any atom is -0.354 e. The predicted octanol–water partition coefficient (Wildman–Crippen LogP) is 2.72. The zero-order valence-electron chi connectivity index (χ0n) is 15.1. The lowest BCUT2D eigenvalue weighted by molar-refractivity contribution is -0.124. The van der Waals surface area contributed by atoms with Gasteiger partial charge in [-0.1, -0.05) is 26.0 Å². The number of benzene rings is 1. The maximum atomic E-state index is 12.6. The van der Waals surface area contributed by atoms with Crippen LogP contribution in [0.15, 0.2) is 24.3 Å². The van der Waals surface area contributed by atoms with Crippen molar-refractivity contribution in [2.75, 3.05) is 18.8 Å². The number of hydrogen-bond acceptors (Lipinski definition) is 5. The molecule has 1 fully saturated rings. The van der Waals surface area contributed by atoms with Crippen molar-refractivity contribution in [3.8, 4) is 0 Å². The highest BCUT2D eigenvalue weighted by Crippen LogP contribution is 2.27. The van der Waals surface area contributed by atoms with Crippen LogP contribution in [0.1, 0.15) is 44.0 Å². The van der Waals surface area contributed by atoms with Crippen LogP contribution < -0.4 is 5.32 Å². The summed E-state index contributed by atoms with van der Waals surface area (Å²) < 4.78 is 27.2. The van der Waals surface area contributed by atoms with Gasteiger partial charge in [0.2, 0.25) is 15.9 Å².